The third-order valence-corrected chi connectivity index (χ3v) is 5.99. The molecular weight excluding hydrogens is 575 g/mol. The molecule has 0 fully saturated rings. The first-order valence-corrected chi connectivity index (χ1v) is 18.3. The zero-order chi connectivity index (χ0) is 24.8. The molecule has 0 bridgehead atoms. The van der Waals surface area contributed by atoms with Crippen LogP contribution in [0.2, 0.25) is 13.1 Å². The zero-order valence-electron chi connectivity index (χ0n) is 22.4. The van der Waals surface area contributed by atoms with Crippen molar-refractivity contribution in [3.63, 3.8) is 0 Å². The molecule has 0 aliphatic heterocycles. The number of halogens is 2. The van der Waals surface area contributed by atoms with Gasteiger partial charge >= 0.3 is 41.9 Å². The molecule has 0 aliphatic rings. The zero-order valence-corrected chi connectivity index (χ0v) is 27.4. The number of hydrogen-bond donors (Lipinski definition) is 0. The van der Waals surface area contributed by atoms with Crippen molar-refractivity contribution in [2.45, 2.75) is 53.6 Å². The van der Waals surface area contributed by atoms with Crippen LogP contribution in [-0.4, -0.2) is 5.43 Å². The Bertz CT molecular complexity index is 1390. The van der Waals surface area contributed by atoms with Crippen molar-refractivity contribution in [1.29, 1.82) is 0 Å². The molecule has 0 atom stereocenters. The van der Waals surface area contributed by atoms with Gasteiger partial charge in [-0.2, -0.15) is 12.1 Å². The van der Waals surface area contributed by atoms with E-state index >= 15 is 0 Å². The second-order valence-electron chi connectivity index (χ2n) is 9.68. The monoisotopic (exact) mass is 608 g/mol. The Morgan fingerprint density at radius 3 is 1.94 bits per heavy atom. The minimum Gasteiger partial charge on any atom is -1.00 e. The van der Waals surface area contributed by atoms with Gasteiger partial charge < -0.3 is 24.8 Å². The molecule has 0 spiro atoms. The summed E-state index contributed by atoms with van der Waals surface area (Å²) >= 11 is 1.74. The van der Waals surface area contributed by atoms with Crippen LogP contribution in [-0.2, 0) is 23.3 Å². The van der Waals surface area contributed by atoms with Crippen molar-refractivity contribution >= 4 is 27.0 Å². The largest absolute Gasteiger partial charge is 1.00 e. The molecule has 0 saturated heterocycles. The summed E-state index contributed by atoms with van der Waals surface area (Å²) in [6.45, 7) is 15.6. The summed E-state index contributed by atoms with van der Waals surface area (Å²) in [7, 11) is 0. The van der Waals surface area contributed by atoms with Crippen LogP contribution in [0.1, 0.15) is 42.0 Å². The summed E-state index contributed by atoms with van der Waals surface area (Å²) in [5.74, 6) is 0.631. The predicted octanol–water partition coefficient (Wildman–Crippen LogP) is 3.63. The standard InChI is InChI=1S/C17H15.C13H15.C2H6Si.2ClH.Zr/c1-12-10-16-13(2)8-9-15(17(16)11-12)14-6-4-3-5-7-14;1-9(2)12-7-11-6-4-5-10(3)13(11)8-12;1-3-2;;;/h3-11H,1-2H3;4-9H,1-3H3;1-2H3;2*1H;/q2*-1;;;;+2/p-2. The van der Waals surface area contributed by atoms with Crippen LogP contribution < -0.4 is 24.8 Å². The molecule has 0 saturated carbocycles. The second-order valence-corrected chi connectivity index (χ2v) is 19.1. The molecule has 36 heavy (non-hydrogen) atoms. The number of fused-ring (bicyclic) bond motifs is 2. The molecule has 0 unspecified atom stereocenters. The molecule has 188 valence electrons. The van der Waals surface area contributed by atoms with Crippen LogP contribution in [0.4, 0.5) is 0 Å². The van der Waals surface area contributed by atoms with E-state index in [0.29, 0.717) is 5.92 Å². The fraction of sp³-hybridized carbons (Fsp3) is 0.250. The maximum absolute atomic E-state index is 2.31. The van der Waals surface area contributed by atoms with Crippen LogP contribution in [0.3, 0.4) is 0 Å². The maximum Gasteiger partial charge on any atom is -0.0279 e. The van der Waals surface area contributed by atoms with E-state index in [2.05, 4.69) is 133 Å². The first kappa shape index (κ1) is 32.6. The van der Waals surface area contributed by atoms with Gasteiger partial charge in [0.2, 0.25) is 0 Å². The fourth-order valence-corrected chi connectivity index (χ4v) is 4.21. The van der Waals surface area contributed by atoms with E-state index in [9.17, 15) is 0 Å². The van der Waals surface area contributed by atoms with E-state index in [1.165, 1.54) is 54.9 Å². The van der Waals surface area contributed by atoms with Crippen molar-refractivity contribution < 1.29 is 48.1 Å². The molecule has 4 heteroatoms. The molecular formula is C32H36Cl2SiZr-2. The number of benzene rings is 3. The van der Waals surface area contributed by atoms with Gasteiger partial charge in [-0.25, -0.2) is 0 Å². The normalized spacial score (nSPS) is 10.1. The smallest absolute Gasteiger partial charge is 0.0279 e. The van der Waals surface area contributed by atoms with E-state index in [1.54, 1.807) is 23.3 Å². The fourth-order valence-electron chi connectivity index (χ4n) is 4.21. The molecule has 0 aliphatic carbocycles. The summed E-state index contributed by atoms with van der Waals surface area (Å²) in [6.07, 6.45) is 0. The van der Waals surface area contributed by atoms with Crippen LogP contribution in [0, 0.1) is 20.8 Å². The van der Waals surface area contributed by atoms with Crippen LogP contribution >= 0.6 is 0 Å². The van der Waals surface area contributed by atoms with Crippen LogP contribution in [0.15, 0.2) is 84.9 Å². The van der Waals surface area contributed by atoms with Gasteiger partial charge in [0.25, 0.3) is 0 Å². The Hall–Kier alpha value is -1.44. The van der Waals surface area contributed by atoms with E-state index in [4.69, 9.17) is 0 Å². The number of rotatable bonds is 2. The van der Waals surface area contributed by atoms with Crippen molar-refractivity contribution in [1.82, 2.24) is 0 Å². The molecule has 5 aromatic rings. The first-order chi connectivity index (χ1) is 16.2. The van der Waals surface area contributed by atoms with Crippen molar-refractivity contribution in [3.05, 3.63) is 107 Å². The number of aryl methyl sites for hydroxylation is 3. The average Bonchev–Trinajstić information content (AvgIpc) is 3.40. The molecule has 0 amide bonds. The second kappa shape index (κ2) is 15.1. The summed E-state index contributed by atoms with van der Waals surface area (Å²) in [5.41, 5.74) is 8.36. The summed E-state index contributed by atoms with van der Waals surface area (Å²) in [6, 6.07) is 30.7. The van der Waals surface area contributed by atoms with Crippen molar-refractivity contribution in [2.24, 2.45) is 0 Å². The Labute approximate surface area is 245 Å². The van der Waals surface area contributed by atoms with Crippen molar-refractivity contribution in [3.8, 4) is 11.1 Å². The van der Waals surface area contributed by atoms with E-state index in [0.717, 1.165) is 0 Å². The first-order valence-electron chi connectivity index (χ1n) is 12.1. The minimum absolute atomic E-state index is 0. The van der Waals surface area contributed by atoms with E-state index < -0.39 is 0 Å². The summed E-state index contributed by atoms with van der Waals surface area (Å²) < 4.78 is 0. The van der Waals surface area contributed by atoms with Crippen LogP contribution in [0.25, 0.3) is 32.7 Å². The topological polar surface area (TPSA) is 0 Å². The molecule has 0 N–H and O–H groups in total. The third-order valence-electron chi connectivity index (χ3n) is 5.99. The Morgan fingerprint density at radius 1 is 0.722 bits per heavy atom. The summed E-state index contributed by atoms with van der Waals surface area (Å²) in [4.78, 5) is 0. The minimum atomic E-state index is 0. The summed E-state index contributed by atoms with van der Waals surface area (Å²) in [5, 5.41) is 5.53. The van der Waals surface area contributed by atoms with Gasteiger partial charge in [0.05, 0.1) is 0 Å². The Kier molecular flexibility index (Phi) is 13.7. The third kappa shape index (κ3) is 8.56. The van der Waals surface area contributed by atoms with Gasteiger partial charge in [-0.3, -0.25) is 0 Å². The van der Waals surface area contributed by atoms with Gasteiger partial charge in [0, 0.05) is 0 Å². The molecule has 0 nitrogen and oxygen atoms in total. The molecule has 5 aromatic carbocycles. The SMILES string of the molecule is C[Si](C)=[Zr+2].Cc1cc2c(-c3ccccc3)ccc(C)c2[cH-]1.Cc1cccc2[cH-]c(C(C)C)cc12.[Cl-].[Cl-]. The van der Waals surface area contributed by atoms with E-state index in [1.807, 2.05) is 0 Å². The average molecular weight is 611 g/mol. The van der Waals surface area contributed by atoms with Crippen LogP contribution in [0.5, 0.6) is 0 Å². The molecule has 0 aromatic heterocycles. The van der Waals surface area contributed by atoms with Crippen molar-refractivity contribution in [2.75, 3.05) is 0 Å². The Morgan fingerprint density at radius 2 is 1.36 bits per heavy atom. The van der Waals surface area contributed by atoms with Gasteiger partial charge in [-0.05, 0) is 18.4 Å². The van der Waals surface area contributed by atoms with Gasteiger partial charge in [0.1, 0.15) is 0 Å². The Balaban J connectivity index is 0.000000306. The molecule has 0 radical (unpaired) electrons. The van der Waals surface area contributed by atoms with Gasteiger partial charge in [-0.1, -0.05) is 81.3 Å². The number of hydrogen-bond acceptors (Lipinski definition) is 0. The quantitative estimate of drug-likeness (QED) is 0.212. The van der Waals surface area contributed by atoms with E-state index in [-0.39, 0.29) is 30.2 Å². The van der Waals surface area contributed by atoms with Gasteiger partial charge in [-0.15, -0.1) is 68.6 Å². The van der Waals surface area contributed by atoms with Gasteiger partial charge in [0.15, 0.2) is 0 Å². The predicted molar refractivity (Wildman–Crippen MR) is 150 cm³/mol. The maximum atomic E-state index is 2.31. The molecule has 5 rings (SSSR count). The molecule has 0 heterocycles.